The molecule has 0 aliphatic carbocycles. The van der Waals surface area contributed by atoms with E-state index in [1.807, 2.05) is 11.8 Å². The van der Waals surface area contributed by atoms with E-state index >= 15 is 0 Å². The summed E-state index contributed by atoms with van der Waals surface area (Å²) in [5.74, 6) is 0.750. The molecule has 0 atom stereocenters. The van der Waals surface area contributed by atoms with Gasteiger partial charge >= 0.3 is 5.24 Å². The lowest BCUT2D eigenvalue weighted by atomic mass is 10.2. The van der Waals surface area contributed by atoms with Gasteiger partial charge in [-0.2, -0.15) is 4.72 Å². The number of nitrogens with one attached hydrogen (secondary N) is 1. The zero-order chi connectivity index (χ0) is 18.0. The molecule has 2 aromatic rings. The number of benzene rings is 2. The van der Waals surface area contributed by atoms with Gasteiger partial charge in [0.1, 0.15) is 16.4 Å². The molecule has 0 bridgehead atoms. The van der Waals surface area contributed by atoms with Gasteiger partial charge in [-0.15, -0.1) is 0 Å². The molecule has 0 unspecified atom stereocenters. The van der Waals surface area contributed by atoms with Gasteiger partial charge in [0, 0.05) is 29.9 Å². The Labute approximate surface area is 156 Å². The van der Waals surface area contributed by atoms with E-state index < -0.39 is 10.0 Å². The van der Waals surface area contributed by atoms with Crippen LogP contribution < -0.4 is 19.1 Å². The van der Waals surface area contributed by atoms with Gasteiger partial charge in [0.2, 0.25) is 10.0 Å². The monoisotopic (exact) mass is 398 g/mol. The van der Waals surface area contributed by atoms with Crippen LogP contribution in [0.15, 0.2) is 47.4 Å². The molecule has 3 rings (SSSR count). The van der Waals surface area contributed by atoms with Crippen molar-refractivity contribution < 1.29 is 17.9 Å². The Hall–Kier alpha value is -1.87. The topological polar surface area (TPSA) is 67.9 Å². The summed E-state index contributed by atoms with van der Waals surface area (Å²) in [4.78, 5) is 2.05. The van der Waals surface area contributed by atoms with Gasteiger partial charge in [0.05, 0.1) is 12.4 Å². The van der Waals surface area contributed by atoms with Crippen LogP contribution in [0.3, 0.4) is 0 Å². The summed E-state index contributed by atoms with van der Waals surface area (Å²) in [5.41, 5.74) is 0.623. The van der Waals surface area contributed by atoms with Crippen molar-refractivity contribution in [1.29, 1.82) is 0 Å². The average Bonchev–Trinajstić information content (AvgIpc) is 2.57. The second-order valence-corrected chi connectivity index (χ2v) is 7.70. The molecule has 1 aliphatic heterocycles. The largest absolute Gasteiger partial charge is 0.417 e. The van der Waals surface area contributed by atoms with Crippen molar-refractivity contribution in [2.24, 2.45) is 0 Å². The highest BCUT2D eigenvalue weighted by Gasteiger charge is 2.27. The Morgan fingerprint density at radius 3 is 2.52 bits per heavy atom. The first-order valence-corrected chi connectivity index (χ1v) is 9.70. The molecule has 0 saturated carbocycles. The zero-order valence-corrected chi connectivity index (χ0v) is 15.6. The van der Waals surface area contributed by atoms with Crippen LogP contribution in [0.5, 0.6) is 11.5 Å². The van der Waals surface area contributed by atoms with E-state index in [0.717, 1.165) is 0 Å². The van der Waals surface area contributed by atoms with Crippen molar-refractivity contribution >= 4 is 44.8 Å². The Morgan fingerprint density at radius 1 is 1.20 bits per heavy atom. The van der Waals surface area contributed by atoms with Crippen molar-refractivity contribution in [3.63, 3.8) is 0 Å². The van der Waals surface area contributed by atoms with Crippen LogP contribution in [0, 0.1) is 0 Å². The van der Waals surface area contributed by atoms with E-state index in [2.05, 4.69) is 4.72 Å². The summed E-state index contributed by atoms with van der Waals surface area (Å²) < 4.78 is 37.8. The molecule has 0 fully saturated rings. The molecule has 0 aromatic heterocycles. The van der Waals surface area contributed by atoms with Gasteiger partial charge in [0.15, 0.2) is 0 Å². The summed E-state index contributed by atoms with van der Waals surface area (Å²) in [7, 11) is -3.58. The standard InChI is InChI=1S/C16H15ClN2O4S2/c1-2-19-10-18-25(20,21)15-9-13(7-8-14(15)19)23-16(24)22-12-5-3-11(17)4-6-12/h3-9,18H,2,10H2,1H3. The number of thiocarbonyl (C=S) groups is 1. The van der Waals surface area contributed by atoms with E-state index in [0.29, 0.717) is 23.0 Å². The van der Waals surface area contributed by atoms with Crippen LogP contribution in [-0.2, 0) is 10.0 Å². The van der Waals surface area contributed by atoms with Crippen molar-refractivity contribution in [3.05, 3.63) is 47.5 Å². The predicted molar refractivity (Wildman–Crippen MR) is 100.0 cm³/mol. The molecule has 0 saturated heterocycles. The molecular formula is C16H15ClN2O4S2. The van der Waals surface area contributed by atoms with Gasteiger partial charge in [0.25, 0.3) is 0 Å². The maximum atomic E-state index is 12.2. The molecule has 25 heavy (non-hydrogen) atoms. The molecule has 1 aliphatic rings. The number of halogens is 1. The molecule has 9 heteroatoms. The molecule has 0 radical (unpaired) electrons. The van der Waals surface area contributed by atoms with Gasteiger partial charge in [-0.05, 0) is 43.3 Å². The number of fused-ring (bicyclic) bond motifs is 1. The van der Waals surface area contributed by atoms with E-state index in [4.69, 9.17) is 33.3 Å². The SMILES string of the molecule is CCN1CNS(=O)(=O)c2cc(OC(=S)Oc3ccc(Cl)cc3)ccc21. The van der Waals surface area contributed by atoms with Gasteiger partial charge < -0.3 is 14.4 Å². The summed E-state index contributed by atoms with van der Waals surface area (Å²) in [6.07, 6.45) is 0. The van der Waals surface area contributed by atoms with Gasteiger partial charge in [-0.25, -0.2) is 8.42 Å². The Bertz CT molecular complexity index is 901. The molecule has 1 N–H and O–H groups in total. The predicted octanol–water partition coefficient (Wildman–Crippen LogP) is 3.16. The number of ether oxygens (including phenoxy) is 2. The quantitative estimate of drug-likeness (QED) is 0.801. The molecule has 6 nitrogen and oxygen atoms in total. The van der Waals surface area contributed by atoms with Crippen molar-refractivity contribution in [2.75, 3.05) is 18.1 Å². The molecular weight excluding hydrogens is 384 g/mol. The summed E-state index contributed by atoms with van der Waals surface area (Å²) in [6, 6.07) is 11.4. The fourth-order valence-corrected chi connectivity index (χ4v) is 3.90. The highest BCUT2D eigenvalue weighted by Crippen LogP contribution is 2.32. The minimum atomic E-state index is -3.58. The minimum absolute atomic E-state index is 0.143. The van der Waals surface area contributed by atoms with E-state index in [9.17, 15) is 8.42 Å². The fraction of sp³-hybridized carbons (Fsp3) is 0.188. The average molecular weight is 399 g/mol. The van der Waals surface area contributed by atoms with E-state index in [1.165, 1.54) is 6.07 Å². The molecule has 0 amide bonds. The fourth-order valence-electron chi connectivity index (χ4n) is 2.36. The second kappa shape index (κ2) is 7.17. The summed E-state index contributed by atoms with van der Waals surface area (Å²) >= 11 is 10.9. The van der Waals surface area contributed by atoms with Crippen molar-refractivity contribution in [1.82, 2.24) is 4.72 Å². The first-order valence-electron chi connectivity index (χ1n) is 7.43. The maximum absolute atomic E-state index is 12.2. The van der Waals surface area contributed by atoms with Crippen LogP contribution in [0.2, 0.25) is 5.02 Å². The highest BCUT2D eigenvalue weighted by atomic mass is 35.5. The Kier molecular flexibility index (Phi) is 5.14. The number of sulfonamides is 1. The van der Waals surface area contributed by atoms with Crippen LogP contribution in [0.25, 0.3) is 0 Å². The smallest absolute Gasteiger partial charge is 0.363 e. The number of rotatable bonds is 3. The number of hydrogen-bond donors (Lipinski definition) is 1. The van der Waals surface area contributed by atoms with E-state index in [1.54, 1.807) is 36.4 Å². The first-order chi connectivity index (χ1) is 11.9. The lowest BCUT2D eigenvalue weighted by Crippen LogP contribution is -2.42. The highest BCUT2D eigenvalue weighted by molar-refractivity contribution is 7.89. The number of hydrogen-bond acceptors (Lipinski definition) is 6. The van der Waals surface area contributed by atoms with Crippen molar-refractivity contribution in [2.45, 2.75) is 11.8 Å². The van der Waals surface area contributed by atoms with Crippen LogP contribution in [0.4, 0.5) is 5.69 Å². The molecule has 1 heterocycles. The third-order valence-electron chi connectivity index (χ3n) is 3.60. The van der Waals surface area contributed by atoms with E-state index in [-0.39, 0.29) is 22.6 Å². The summed E-state index contributed by atoms with van der Waals surface area (Å²) in [6.45, 7) is 2.86. The third kappa shape index (κ3) is 4.04. The first kappa shape index (κ1) is 17.9. The molecule has 2 aromatic carbocycles. The minimum Gasteiger partial charge on any atom is -0.417 e. The maximum Gasteiger partial charge on any atom is 0.363 e. The normalized spacial score (nSPS) is 15.4. The Balaban J connectivity index is 1.79. The van der Waals surface area contributed by atoms with Crippen LogP contribution >= 0.6 is 23.8 Å². The van der Waals surface area contributed by atoms with Crippen LogP contribution in [0.1, 0.15) is 6.92 Å². The lowest BCUT2D eigenvalue weighted by Gasteiger charge is -2.30. The summed E-state index contributed by atoms with van der Waals surface area (Å²) in [5, 5.41) is 0.433. The second-order valence-electron chi connectivity index (χ2n) is 5.20. The molecule has 132 valence electrons. The van der Waals surface area contributed by atoms with Crippen LogP contribution in [-0.4, -0.2) is 26.9 Å². The molecule has 0 spiro atoms. The van der Waals surface area contributed by atoms with Gasteiger partial charge in [-0.1, -0.05) is 11.6 Å². The van der Waals surface area contributed by atoms with Gasteiger partial charge in [-0.3, -0.25) is 0 Å². The van der Waals surface area contributed by atoms with Crippen molar-refractivity contribution in [3.8, 4) is 11.5 Å². The Morgan fingerprint density at radius 2 is 1.84 bits per heavy atom. The zero-order valence-electron chi connectivity index (χ0n) is 13.2. The number of anilines is 1. The lowest BCUT2D eigenvalue weighted by molar-refractivity contribution is 0.402. The third-order valence-corrected chi connectivity index (χ3v) is 5.44. The number of nitrogens with zero attached hydrogens (tertiary/aromatic N) is 1.